The molecule has 3 heteroatoms. The summed E-state index contributed by atoms with van der Waals surface area (Å²) >= 11 is 0. The van der Waals surface area contributed by atoms with Crippen molar-refractivity contribution >= 4 is 16.9 Å². The number of aromatic nitrogens is 1. The van der Waals surface area contributed by atoms with E-state index >= 15 is 0 Å². The second kappa shape index (κ2) is 3.46. The van der Waals surface area contributed by atoms with Crippen LogP contribution >= 0.6 is 0 Å². The molecule has 1 heterocycles. The molecule has 0 atom stereocenters. The summed E-state index contributed by atoms with van der Waals surface area (Å²) in [5, 5.41) is 0.964. The van der Waals surface area contributed by atoms with E-state index in [9.17, 15) is 4.79 Å². The first-order valence-electron chi connectivity index (χ1n) is 4.29. The minimum absolute atomic E-state index is 0.312. The molecule has 0 spiro atoms. The number of ether oxygens (including phenoxy) is 1. The minimum Gasteiger partial charge on any atom is -0.427 e. The van der Waals surface area contributed by atoms with Crippen molar-refractivity contribution in [1.82, 2.24) is 4.98 Å². The highest BCUT2D eigenvalue weighted by Crippen LogP contribution is 2.18. The van der Waals surface area contributed by atoms with Gasteiger partial charge < -0.3 is 4.74 Å². The lowest BCUT2D eigenvalue weighted by atomic mass is 10.2. The molecule has 14 heavy (non-hydrogen) atoms. The topological polar surface area (TPSA) is 39.2 Å². The molecule has 1 aromatic carbocycles. The maximum absolute atomic E-state index is 10.7. The van der Waals surface area contributed by atoms with Gasteiger partial charge in [0.1, 0.15) is 5.75 Å². The van der Waals surface area contributed by atoms with Crippen molar-refractivity contribution in [2.45, 2.75) is 6.92 Å². The molecule has 2 rings (SSSR count). The van der Waals surface area contributed by atoms with Crippen LogP contribution in [0, 0.1) is 0 Å². The predicted octanol–water partition coefficient (Wildman–Crippen LogP) is 2.16. The smallest absolute Gasteiger partial charge is 0.308 e. The lowest BCUT2D eigenvalue weighted by molar-refractivity contribution is -0.131. The standard InChI is InChI=1S/C11H9NO2/c1-8(13)14-10-4-5-11-9(7-10)3-2-6-12-11/h2-7H,1H3. The first kappa shape index (κ1) is 8.69. The Morgan fingerprint density at radius 3 is 3.00 bits per heavy atom. The zero-order chi connectivity index (χ0) is 9.97. The number of hydrogen-bond acceptors (Lipinski definition) is 3. The SMILES string of the molecule is CC(=O)Oc1ccc2ncccc2c1. The van der Waals surface area contributed by atoms with E-state index in [1.165, 1.54) is 6.92 Å². The summed E-state index contributed by atoms with van der Waals surface area (Å²) in [5.74, 6) is 0.242. The molecule has 0 aliphatic rings. The van der Waals surface area contributed by atoms with Crippen LogP contribution in [-0.4, -0.2) is 11.0 Å². The molecule has 1 aromatic heterocycles. The average Bonchev–Trinajstić information content (AvgIpc) is 2.17. The second-order valence-corrected chi connectivity index (χ2v) is 2.95. The maximum Gasteiger partial charge on any atom is 0.308 e. The van der Waals surface area contributed by atoms with Gasteiger partial charge in [0.15, 0.2) is 0 Å². The van der Waals surface area contributed by atoms with E-state index in [-0.39, 0.29) is 5.97 Å². The Labute approximate surface area is 81.3 Å². The summed E-state index contributed by atoms with van der Waals surface area (Å²) in [6, 6.07) is 9.13. The van der Waals surface area contributed by atoms with E-state index in [1.807, 2.05) is 18.2 Å². The number of carbonyl (C=O) groups is 1. The Morgan fingerprint density at radius 2 is 2.21 bits per heavy atom. The highest BCUT2D eigenvalue weighted by atomic mass is 16.5. The molecule has 2 aromatic rings. The number of esters is 1. The van der Waals surface area contributed by atoms with Crippen LogP contribution in [0.15, 0.2) is 36.5 Å². The summed E-state index contributed by atoms with van der Waals surface area (Å²) in [6.45, 7) is 1.38. The van der Waals surface area contributed by atoms with Gasteiger partial charge in [0.05, 0.1) is 5.52 Å². The van der Waals surface area contributed by atoms with Crippen molar-refractivity contribution in [1.29, 1.82) is 0 Å². The summed E-state index contributed by atoms with van der Waals surface area (Å²) in [6.07, 6.45) is 1.73. The summed E-state index contributed by atoms with van der Waals surface area (Å²) in [5.41, 5.74) is 0.892. The van der Waals surface area contributed by atoms with Crippen LogP contribution in [0.2, 0.25) is 0 Å². The maximum atomic E-state index is 10.7. The van der Waals surface area contributed by atoms with Crippen LogP contribution in [0.1, 0.15) is 6.92 Å². The highest BCUT2D eigenvalue weighted by molar-refractivity contribution is 5.81. The van der Waals surface area contributed by atoms with Gasteiger partial charge in [0, 0.05) is 18.5 Å². The molecule has 0 N–H and O–H groups in total. The molecular formula is C11H9NO2. The number of pyridine rings is 1. The van der Waals surface area contributed by atoms with Crippen molar-refractivity contribution in [3.05, 3.63) is 36.5 Å². The number of carbonyl (C=O) groups excluding carboxylic acids is 1. The lowest BCUT2D eigenvalue weighted by Gasteiger charge is -2.01. The van der Waals surface area contributed by atoms with Crippen molar-refractivity contribution in [3.8, 4) is 5.75 Å². The fourth-order valence-electron chi connectivity index (χ4n) is 1.28. The number of benzene rings is 1. The van der Waals surface area contributed by atoms with Crippen LogP contribution in [0.3, 0.4) is 0 Å². The normalized spacial score (nSPS) is 10.1. The summed E-state index contributed by atoms with van der Waals surface area (Å²) in [4.78, 5) is 14.9. The quantitative estimate of drug-likeness (QED) is 0.507. The molecule has 0 fully saturated rings. The van der Waals surface area contributed by atoms with E-state index in [0.29, 0.717) is 5.75 Å². The molecular weight excluding hydrogens is 178 g/mol. The van der Waals surface area contributed by atoms with Crippen LogP contribution < -0.4 is 4.74 Å². The minimum atomic E-state index is -0.312. The van der Waals surface area contributed by atoms with E-state index in [1.54, 1.807) is 18.3 Å². The Balaban J connectivity index is 2.46. The van der Waals surface area contributed by atoms with E-state index in [2.05, 4.69) is 4.98 Å². The second-order valence-electron chi connectivity index (χ2n) is 2.95. The van der Waals surface area contributed by atoms with Gasteiger partial charge in [-0.2, -0.15) is 0 Å². The Hall–Kier alpha value is -1.90. The number of hydrogen-bond donors (Lipinski definition) is 0. The van der Waals surface area contributed by atoms with Crippen LogP contribution in [0.5, 0.6) is 5.75 Å². The zero-order valence-electron chi connectivity index (χ0n) is 7.73. The molecule has 0 aliphatic heterocycles. The number of fused-ring (bicyclic) bond motifs is 1. The first-order valence-corrected chi connectivity index (χ1v) is 4.29. The number of rotatable bonds is 1. The molecule has 0 unspecified atom stereocenters. The zero-order valence-corrected chi connectivity index (χ0v) is 7.73. The highest BCUT2D eigenvalue weighted by Gasteiger charge is 1.99. The van der Waals surface area contributed by atoms with Crippen molar-refractivity contribution in [2.75, 3.05) is 0 Å². The molecule has 70 valence electrons. The molecule has 0 amide bonds. The molecule has 0 aliphatic carbocycles. The Bertz CT molecular complexity index is 479. The number of nitrogens with zero attached hydrogens (tertiary/aromatic N) is 1. The van der Waals surface area contributed by atoms with Gasteiger partial charge in [-0.15, -0.1) is 0 Å². The molecule has 0 saturated heterocycles. The van der Waals surface area contributed by atoms with Crippen LogP contribution in [0.4, 0.5) is 0 Å². The Morgan fingerprint density at radius 1 is 1.36 bits per heavy atom. The van der Waals surface area contributed by atoms with E-state index in [4.69, 9.17) is 4.74 Å². The van der Waals surface area contributed by atoms with Crippen LogP contribution in [0.25, 0.3) is 10.9 Å². The fourth-order valence-corrected chi connectivity index (χ4v) is 1.28. The third-order valence-electron chi connectivity index (χ3n) is 1.84. The summed E-state index contributed by atoms with van der Waals surface area (Å²) in [7, 11) is 0. The van der Waals surface area contributed by atoms with Crippen molar-refractivity contribution in [2.24, 2.45) is 0 Å². The van der Waals surface area contributed by atoms with Gasteiger partial charge >= 0.3 is 5.97 Å². The largest absolute Gasteiger partial charge is 0.427 e. The van der Waals surface area contributed by atoms with Crippen molar-refractivity contribution < 1.29 is 9.53 Å². The van der Waals surface area contributed by atoms with Crippen molar-refractivity contribution in [3.63, 3.8) is 0 Å². The molecule has 0 saturated carbocycles. The predicted molar refractivity (Wildman–Crippen MR) is 53.1 cm³/mol. The molecule has 0 radical (unpaired) electrons. The molecule has 0 bridgehead atoms. The Kier molecular flexibility index (Phi) is 2.14. The third kappa shape index (κ3) is 1.71. The monoisotopic (exact) mass is 187 g/mol. The van der Waals surface area contributed by atoms with Gasteiger partial charge in [-0.05, 0) is 24.3 Å². The van der Waals surface area contributed by atoms with Gasteiger partial charge in [0.2, 0.25) is 0 Å². The fraction of sp³-hybridized carbons (Fsp3) is 0.0909. The third-order valence-corrected chi connectivity index (χ3v) is 1.84. The summed E-state index contributed by atoms with van der Waals surface area (Å²) < 4.78 is 4.96. The first-order chi connectivity index (χ1) is 6.75. The van der Waals surface area contributed by atoms with Crippen LogP contribution in [-0.2, 0) is 4.79 Å². The van der Waals surface area contributed by atoms with E-state index < -0.39 is 0 Å². The lowest BCUT2D eigenvalue weighted by Crippen LogP contribution is -2.00. The van der Waals surface area contributed by atoms with E-state index in [0.717, 1.165) is 10.9 Å². The van der Waals surface area contributed by atoms with Gasteiger partial charge in [-0.25, -0.2) is 0 Å². The molecule has 3 nitrogen and oxygen atoms in total. The van der Waals surface area contributed by atoms with Gasteiger partial charge in [-0.1, -0.05) is 6.07 Å². The average molecular weight is 187 g/mol. The van der Waals surface area contributed by atoms with Gasteiger partial charge in [0.25, 0.3) is 0 Å². The van der Waals surface area contributed by atoms with Gasteiger partial charge in [-0.3, -0.25) is 9.78 Å².